The summed E-state index contributed by atoms with van der Waals surface area (Å²) in [5.41, 5.74) is 6.50. The van der Waals surface area contributed by atoms with Crippen molar-refractivity contribution >= 4 is 23.1 Å². The van der Waals surface area contributed by atoms with Gasteiger partial charge in [-0.3, -0.25) is 0 Å². The summed E-state index contributed by atoms with van der Waals surface area (Å²) in [6.07, 6.45) is 0.764. The summed E-state index contributed by atoms with van der Waals surface area (Å²) in [4.78, 5) is 1.05. The summed E-state index contributed by atoms with van der Waals surface area (Å²) < 4.78 is 17.7. The molecule has 2 rings (SSSR count). The fourth-order valence-corrected chi connectivity index (χ4v) is 2.31. The molecule has 2 N–H and O–H groups in total. The van der Waals surface area contributed by atoms with Gasteiger partial charge in [-0.25, -0.2) is 4.39 Å². The Morgan fingerprint density at radius 3 is 2.94 bits per heavy atom. The number of nitrogens with zero attached hydrogens (tertiary/aromatic N) is 1. The van der Waals surface area contributed by atoms with Gasteiger partial charge < -0.3 is 5.73 Å². The van der Waals surface area contributed by atoms with E-state index in [1.165, 1.54) is 23.7 Å². The maximum absolute atomic E-state index is 13.5. The Morgan fingerprint density at radius 1 is 1.38 bits per heavy atom. The van der Waals surface area contributed by atoms with E-state index in [0.717, 1.165) is 11.3 Å². The predicted molar refractivity (Wildman–Crippen MR) is 65.3 cm³/mol. The predicted octanol–water partition coefficient (Wildman–Crippen LogP) is 3.10. The molecule has 5 heteroatoms. The number of hydrogen-bond donors (Lipinski definition) is 1. The van der Waals surface area contributed by atoms with Gasteiger partial charge in [0.2, 0.25) is 0 Å². The lowest BCUT2D eigenvalue weighted by atomic mass is 10.1. The van der Waals surface area contributed by atoms with E-state index in [0.29, 0.717) is 22.8 Å². The number of halogens is 2. The highest BCUT2D eigenvalue weighted by Gasteiger charge is 2.09. The second-order valence-corrected chi connectivity index (χ2v) is 4.67. The van der Waals surface area contributed by atoms with Crippen LogP contribution in [0.4, 0.5) is 4.39 Å². The van der Waals surface area contributed by atoms with Crippen molar-refractivity contribution < 1.29 is 4.39 Å². The SMILES string of the molecule is NCCc1cc(-c2cc(Cl)ccc2F)ns1. The molecule has 1 heterocycles. The van der Waals surface area contributed by atoms with Gasteiger partial charge in [-0.2, -0.15) is 4.37 Å². The van der Waals surface area contributed by atoms with Crippen LogP contribution in [0.15, 0.2) is 24.3 Å². The van der Waals surface area contributed by atoms with Gasteiger partial charge in [-0.1, -0.05) is 11.6 Å². The molecule has 0 aliphatic carbocycles. The fourth-order valence-electron chi connectivity index (χ4n) is 1.39. The maximum Gasteiger partial charge on any atom is 0.132 e. The quantitative estimate of drug-likeness (QED) is 0.917. The minimum absolute atomic E-state index is 0.311. The molecule has 0 saturated carbocycles. The van der Waals surface area contributed by atoms with Gasteiger partial charge in [0, 0.05) is 15.5 Å². The summed E-state index contributed by atoms with van der Waals surface area (Å²) >= 11 is 7.17. The van der Waals surface area contributed by atoms with Gasteiger partial charge in [-0.05, 0) is 48.8 Å². The third-order valence-corrected chi connectivity index (χ3v) is 3.23. The molecule has 0 spiro atoms. The molecule has 16 heavy (non-hydrogen) atoms. The van der Waals surface area contributed by atoms with E-state index in [4.69, 9.17) is 17.3 Å². The topological polar surface area (TPSA) is 38.9 Å². The molecule has 0 fully saturated rings. The van der Waals surface area contributed by atoms with Crippen LogP contribution in [0.3, 0.4) is 0 Å². The summed E-state index contributed by atoms with van der Waals surface area (Å²) in [6, 6.07) is 6.30. The molecule has 1 aromatic carbocycles. The highest BCUT2D eigenvalue weighted by Crippen LogP contribution is 2.27. The van der Waals surface area contributed by atoms with Crippen LogP contribution >= 0.6 is 23.1 Å². The van der Waals surface area contributed by atoms with Gasteiger partial charge >= 0.3 is 0 Å². The molecule has 0 atom stereocenters. The van der Waals surface area contributed by atoms with Crippen molar-refractivity contribution in [3.05, 3.63) is 40.0 Å². The van der Waals surface area contributed by atoms with Crippen molar-refractivity contribution in [2.24, 2.45) is 5.73 Å². The number of nitrogens with two attached hydrogens (primary N) is 1. The summed E-state index contributed by atoms with van der Waals surface area (Å²) in [5, 5.41) is 0.504. The van der Waals surface area contributed by atoms with Crippen molar-refractivity contribution in [1.29, 1.82) is 0 Å². The van der Waals surface area contributed by atoms with E-state index in [-0.39, 0.29) is 5.82 Å². The largest absolute Gasteiger partial charge is 0.330 e. The summed E-state index contributed by atoms with van der Waals surface area (Å²) in [5.74, 6) is -0.311. The van der Waals surface area contributed by atoms with Crippen LogP contribution < -0.4 is 5.73 Å². The fraction of sp³-hybridized carbons (Fsp3) is 0.182. The zero-order chi connectivity index (χ0) is 11.5. The lowest BCUT2D eigenvalue weighted by molar-refractivity contribution is 0.631. The van der Waals surface area contributed by atoms with Crippen LogP contribution in [0.25, 0.3) is 11.3 Å². The second kappa shape index (κ2) is 4.91. The smallest absolute Gasteiger partial charge is 0.132 e. The van der Waals surface area contributed by atoms with Crippen LogP contribution in [-0.4, -0.2) is 10.9 Å². The Balaban J connectivity index is 2.38. The monoisotopic (exact) mass is 256 g/mol. The van der Waals surface area contributed by atoms with Gasteiger partial charge in [0.05, 0.1) is 5.69 Å². The molecule has 0 aliphatic rings. The normalized spacial score (nSPS) is 10.7. The van der Waals surface area contributed by atoms with Crippen molar-refractivity contribution in [3.8, 4) is 11.3 Å². The van der Waals surface area contributed by atoms with Crippen molar-refractivity contribution in [3.63, 3.8) is 0 Å². The van der Waals surface area contributed by atoms with Crippen LogP contribution in [-0.2, 0) is 6.42 Å². The van der Waals surface area contributed by atoms with Crippen LogP contribution in [0, 0.1) is 5.82 Å². The first-order chi connectivity index (χ1) is 7.70. The average molecular weight is 257 g/mol. The summed E-state index contributed by atoms with van der Waals surface area (Å²) in [7, 11) is 0. The Labute approximate surface area is 102 Å². The molecule has 0 amide bonds. The third kappa shape index (κ3) is 2.40. The second-order valence-electron chi connectivity index (χ2n) is 3.34. The van der Waals surface area contributed by atoms with Gasteiger partial charge in [0.25, 0.3) is 0 Å². The van der Waals surface area contributed by atoms with Crippen LogP contribution in [0.2, 0.25) is 5.02 Å². The lowest BCUT2D eigenvalue weighted by Crippen LogP contribution is -2.00. The molecular formula is C11H10ClFN2S. The van der Waals surface area contributed by atoms with Gasteiger partial charge in [0.1, 0.15) is 5.82 Å². The van der Waals surface area contributed by atoms with Crippen molar-refractivity contribution in [1.82, 2.24) is 4.37 Å². The minimum Gasteiger partial charge on any atom is -0.330 e. The van der Waals surface area contributed by atoms with Crippen LogP contribution in [0.1, 0.15) is 4.88 Å². The average Bonchev–Trinajstić information content (AvgIpc) is 2.71. The Kier molecular flexibility index (Phi) is 3.53. The van der Waals surface area contributed by atoms with Crippen molar-refractivity contribution in [2.75, 3.05) is 6.54 Å². The third-order valence-electron chi connectivity index (χ3n) is 2.15. The Morgan fingerprint density at radius 2 is 2.19 bits per heavy atom. The van der Waals surface area contributed by atoms with Crippen molar-refractivity contribution in [2.45, 2.75) is 6.42 Å². The van der Waals surface area contributed by atoms with E-state index < -0.39 is 0 Å². The van der Waals surface area contributed by atoms with Crippen LogP contribution in [0.5, 0.6) is 0 Å². The maximum atomic E-state index is 13.5. The number of benzene rings is 1. The standard InChI is InChI=1S/C11H10ClFN2S/c12-7-1-2-10(13)9(5-7)11-6-8(3-4-14)16-15-11/h1-2,5-6H,3-4,14H2. The zero-order valence-electron chi connectivity index (χ0n) is 8.41. The molecule has 2 nitrogen and oxygen atoms in total. The van der Waals surface area contributed by atoms with E-state index in [2.05, 4.69) is 4.37 Å². The van der Waals surface area contributed by atoms with E-state index in [1.807, 2.05) is 6.07 Å². The first-order valence-corrected chi connectivity index (χ1v) is 5.97. The molecule has 0 bridgehead atoms. The Bertz CT molecular complexity index is 498. The summed E-state index contributed by atoms with van der Waals surface area (Å²) in [6.45, 7) is 0.569. The number of hydrogen-bond acceptors (Lipinski definition) is 3. The molecule has 0 aliphatic heterocycles. The molecular weight excluding hydrogens is 247 g/mol. The molecule has 1 aromatic heterocycles. The number of rotatable bonds is 3. The van der Waals surface area contributed by atoms with E-state index in [1.54, 1.807) is 6.07 Å². The van der Waals surface area contributed by atoms with E-state index >= 15 is 0 Å². The molecule has 0 unspecified atom stereocenters. The molecule has 2 aromatic rings. The minimum atomic E-state index is -0.311. The Hall–Kier alpha value is -0.970. The first-order valence-electron chi connectivity index (χ1n) is 4.82. The molecule has 0 radical (unpaired) electrons. The number of aromatic nitrogens is 1. The highest BCUT2D eigenvalue weighted by molar-refractivity contribution is 7.06. The lowest BCUT2D eigenvalue weighted by Gasteiger charge is -1.99. The zero-order valence-corrected chi connectivity index (χ0v) is 9.98. The molecule has 0 saturated heterocycles. The highest BCUT2D eigenvalue weighted by atomic mass is 35.5. The van der Waals surface area contributed by atoms with Gasteiger partial charge in [-0.15, -0.1) is 0 Å². The first kappa shape index (κ1) is 11.5. The van der Waals surface area contributed by atoms with E-state index in [9.17, 15) is 4.39 Å². The molecule has 84 valence electrons. The van der Waals surface area contributed by atoms with Gasteiger partial charge in [0.15, 0.2) is 0 Å².